The molecule has 1 amide bonds. The number of amides is 1. The zero-order valence-electron chi connectivity index (χ0n) is 24.6. The fourth-order valence-electron chi connectivity index (χ4n) is 5.60. The van der Waals surface area contributed by atoms with Crippen LogP contribution < -0.4 is 10.2 Å². The Morgan fingerprint density at radius 2 is 1.88 bits per heavy atom. The molecule has 0 spiro atoms. The number of aromatic nitrogens is 5. The molecule has 3 aromatic rings. The number of carbonyl (C=O) groups excluding carboxylic acids is 1. The van der Waals surface area contributed by atoms with Gasteiger partial charge in [-0.05, 0) is 45.6 Å². The summed E-state index contributed by atoms with van der Waals surface area (Å²) in [5, 5.41) is 19.0. The summed E-state index contributed by atoms with van der Waals surface area (Å²) in [6.07, 6.45) is 3.86. The van der Waals surface area contributed by atoms with E-state index >= 15 is 0 Å². The van der Waals surface area contributed by atoms with Crippen LogP contribution in [0.3, 0.4) is 0 Å². The Hall–Kier alpha value is -3.80. The largest absolute Gasteiger partial charge is 0.444 e. The number of likely N-dealkylation sites (tertiary alicyclic amines) is 1. The zero-order valence-corrected chi connectivity index (χ0v) is 24.6. The van der Waals surface area contributed by atoms with Crippen molar-refractivity contribution >= 4 is 23.7 Å². The number of aryl methyl sites for hydroxylation is 1. The molecule has 0 aromatic carbocycles. The van der Waals surface area contributed by atoms with Gasteiger partial charge in [-0.3, -0.25) is 4.68 Å². The molecule has 0 radical (unpaired) electrons. The molecule has 2 aliphatic heterocycles. The Morgan fingerprint density at radius 1 is 1.15 bits per heavy atom. The fourth-order valence-corrected chi connectivity index (χ4v) is 5.60. The maximum absolute atomic E-state index is 14.9. The van der Waals surface area contributed by atoms with E-state index in [1.54, 1.807) is 23.2 Å². The molecule has 0 aliphatic carbocycles. The predicted octanol–water partition coefficient (Wildman–Crippen LogP) is 4.39. The normalized spacial score (nSPS) is 17.0. The number of rotatable bonds is 5. The molecule has 0 saturated carbocycles. The number of halogens is 1. The lowest BCUT2D eigenvalue weighted by Crippen LogP contribution is -2.46. The number of piperidine rings is 1. The first-order valence-electron chi connectivity index (χ1n) is 14.1. The Bertz CT molecular complexity index is 1410. The van der Waals surface area contributed by atoms with Gasteiger partial charge in [-0.25, -0.2) is 19.2 Å². The molecule has 1 fully saturated rings. The molecule has 2 aliphatic rings. The number of hydrogen-bond donors (Lipinski definition) is 2. The van der Waals surface area contributed by atoms with Gasteiger partial charge < -0.3 is 25.0 Å². The molecule has 220 valence electrons. The molecule has 2 N–H and O–H groups in total. The SMILES string of the molecule is CC(C)c1c2c(nn1C)CCN(c1nc(Nc3ccc(C4(O)CCN(C(=O)OC(C)(C)C)CC4)cn3)ncc1F)C2. The summed E-state index contributed by atoms with van der Waals surface area (Å²) >= 11 is 0. The molecular weight excluding hydrogens is 527 g/mol. The molecule has 5 rings (SSSR count). The first-order valence-corrected chi connectivity index (χ1v) is 14.1. The van der Waals surface area contributed by atoms with Crippen LogP contribution in [0, 0.1) is 5.82 Å². The minimum absolute atomic E-state index is 0.229. The van der Waals surface area contributed by atoms with Crippen LogP contribution >= 0.6 is 0 Å². The highest BCUT2D eigenvalue weighted by Crippen LogP contribution is 2.34. The maximum atomic E-state index is 14.9. The first-order chi connectivity index (χ1) is 19.3. The molecule has 0 bridgehead atoms. The highest BCUT2D eigenvalue weighted by atomic mass is 19.1. The first kappa shape index (κ1) is 28.7. The number of fused-ring (bicyclic) bond motifs is 1. The van der Waals surface area contributed by atoms with E-state index in [1.165, 1.54) is 6.20 Å². The van der Waals surface area contributed by atoms with Crippen molar-refractivity contribution in [2.45, 2.75) is 77.5 Å². The summed E-state index contributed by atoms with van der Waals surface area (Å²) in [4.78, 5) is 29.0. The quantitative estimate of drug-likeness (QED) is 0.463. The van der Waals surface area contributed by atoms with E-state index in [1.807, 2.05) is 37.4 Å². The van der Waals surface area contributed by atoms with Crippen LogP contribution in [0.2, 0.25) is 0 Å². The van der Waals surface area contributed by atoms with Crippen LogP contribution in [0.25, 0.3) is 0 Å². The smallest absolute Gasteiger partial charge is 0.410 e. The number of nitrogens with one attached hydrogen (secondary N) is 1. The standard InChI is InChI=1S/C29H39FN8O3/c1-18(2)24-20-17-38(12-9-22(20)35-36(24)6)25-21(30)16-32-26(34-25)33-23-8-7-19(15-31-23)29(40)10-13-37(14-11-29)27(39)41-28(3,4)5/h7-8,15-16,18,40H,9-14,17H2,1-6H3,(H,31,32,33,34). The van der Waals surface area contributed by atoms with E-state index in [0.29, 0.717) is 62.7 Å². The maximum Gasteiger partial charge on any atom is 0.410 e. The van der Waals surface area contributed by atoms with Crippen LogP contribution in [0.15, 0.2) is 24.5 Å². The van der Waals surface area contributed by atoms with E-state index in [9.17, 15) is 14.3 Å². The lowest BCUT2D eigenvalue weighted by Gasteiger charge is -2.38. The van der Waals surface area contributed by atoms with Gasteiger partial charge >= 0.3 is 6.09 Å². The highest BCUT2D eigenvalue weighted by molar-refractivity contribution is 5.68. The topological polar surface area (TPSA) is 122 Å². The monoisotopic (exact) mass is 566 g/mol. The Labute approximate surface area is 239 Å². The van der Waals surface area contributed by atoms with Crippen LogP contribution in [0.5, 0.6) is 0 Å². The molecule has 0 unspecified atom stereocenters. The van der Waals surface area contributed by atoms with Gasteiger partial charge in [0.2, 0.25) is 5.95 Å². The van der Waals surface area contributed by atoms with Gasteiger partial charge in [-0.15, -0.1) is 0 Å². The predicted molar refractivity (Wildman–Crippen MR) is 152 cm³/mol. The second-order valence-corrected chi connectivity index (χ2v) is 12.2. The van der Waals surface area contributed by atoms with Gasteiger partial charge in [0.15, 0.2) is 11.6 Å². The van der Waals surface area contributed by atoms with Crippen molar-refractivity contribution in [1.29, 1.82) is 0 Å². The van der Waals surface area contributed by atoms with Crippen molar-refractivity contribution in [2.75, 3.05) is 29.9 Å². The van der Waals surface area contributed by atoms with Gasteiger partial charge in [0.05, 0.1) is 17.5 Å². The minimum Gasteiger partial charge on any atom is -0.444 e. The van der Waals surface area contributed by atoms with Gasteiger partial charge in [0.25, 0.3) is 0 Å². The van der Waals surface area contributed by atoms with Gasteiger partial charge in [0, 0.05) is 62.7 Å². The van der Waals surface area contributed by atoms with Gasteiger partial charge in [0.1, 0.15) is 11.4 Å². The Morgan fingerprint density at radius 3 is 2.51 bits per heavy atom. The van der Waals surface area contributed by atoms with E-state index in [4.69, 9.17) is 4.74 Å². The van der Waals surface area contributed by atoms with Crippen molar-refractivity contribution in [3.63, 3.8) is 0 Å². The molecule has 1 saturated heterocycles. The molecule has 41 heavy (non-hydrogen) atoms. The van der Waals surface area contributed by atoms with Crippen molar-refractivity contribution in [2.24, 2.45) is 7.05 Å². The second-order valence-electron chi connectivity index (χ2n) is 12.2. The van der Waals surface area contributed by atoms with E-state index in [0.717, 1.165) is 17.0 Å². The van der Waals surface area contributed by atoms with Crippen LogP contribution in [-0.2, 0) is 30.4 Å². The third-order valence-electron chi connectivity index (χ3n) is 7.60. The molecule has 3 aromatic heterocycles. The number of aliphatic hydroxyl groups is 1. The third-order valence-corrected chi connectivity index (χ3v) is 7.60. The summed E-state index contributed by atoms with van der Waals surface area (Å²) in [5.74, 6) is 0.739. The second kappa shape index (κ2) is 10.9. The number of anilines is 3. The molecular formula is C29H39FN8O3. The van der Waals surface area contributed by atoms with Gasteiger partial charge in [-0.2, -0.15) is 10.1 Å². The molecule has 0 atom stereocenters. The Balaban J connectivity index is 1.25. The summed E-state index contributed by atoms with van der Waals surface area (Å²) in [5.41, 5.74) is 2.33. The number of nitrogens with zero attached hydrogens (tertiary/aromatic N) is 7. The van der Waals surface area contributed by atoms with Crippen molar-refractivity contribution in [3.05, 3.63) is 52.9 Å². The molecule has 12 heteroatoms. The number of pyridine rings is 1. The number of ether oxygens (including phenoxy) is 1. The average molecular weight is 567 g/mol. The summed E-state index contributed by atoms with van der Waals surface area (Å²) in [6.45, 7) is 11.7. The zero-order chi connectivity index (χ0) is 29.5. The Kier molecular flexibility index (Phi) is 7.62. The van der Waals surface area contributed by atoms with E-state index in [-0.39, 0.29) is 17.9 Å². The van der Waals surface area contributed by atoms with E-state index in [2.05, 4.69) is 39.2 Å². The summed E-state index contributed by atoms with van der Waals surface area (Å²) in [7, 11) is 1.95. The van der Waals surface area contributed by atoms with Crippen molar-refractivity contribution in [3.8, 4) is 0 Å². The number of carbonyl (C=O) groups is 1. The third kappa shape index (κ3) is 6.12. The van der Waals surface area contributed by atoms with Crippen LogP contribution in [-0.4, -0.2) is 66.1 Å². The lowest BCUT2D eigenvalue weighted by atomic mass is 9.85. The van der Waals surface area contributed by atoms with Crippen LogP contribution in [0.4, 0.5) is 26.8 Å². The van der Waals surface area contributed by atoms with Crippen LogP contribution in [0.1, 0.15) is 75.9 Å². The minimum atomic E-state index is -1.10. The highest BCUT2D eigenvalue weighted by Gasteiger charge is 2.37. The molecule has 5 heterocycles. The summed E-state index contributed by atoms with van der Waals surface area (Å²) in [6, 6.07) is 3.53. The molecule has 11 nitrogen and oxygen atoms in total. The average Bonchev–Trinajstić information content (AvgIpc) is 3.24. The van der Waals surface area contributed by atoms with Gasteiger partial charge in [-0.1, -0.05) is 19.9 Å². The van der Waals surface area contributed by atoms with E-state index < -0.39 is 17.0 Å². The van der Waals surface area contributed by atoms with Crippen molar-refractivity contribution in [1.82, 2.24) is 29.6 Å². The lowest BCUT2D eigenvalue weighted by molar-refractivity contribution is -0.0358. The summed E-state index contributed by atoms with van der Waals surface area (Å²) < 4.78 is 22.3. The van der Waals surface area contributed by atoms with Crippen molar-refractivity contribution < 1.29 is 19.0 Å². The fraction of sp³-hybridized carbons (Fsp3) is 0.552. The number of hydrogen-bond acceptors (Lipinski definition) is 9.